The van der Waals surface area contributed by atoms with E-state index in [9.17, 15) is 13.2 Å². The van der Waals surface area contributed by atoms with Crippen molar-refractivity contribution < 1.29 is 22.7 Å². The maximum Gasteiger partial charge on any atom is 0.270 e. The number of carbonyl (C=O) groups is 1. The van der Waals surface area contributed by atoms with E-state index in [-0.39, 0.29) is 21.0 Å². The Morgan fingerprint density at radius 1 is 1.14 bits per heavy atom. The van der Waals surface area contributed by atoms with Gasteiger partial charge in [0.25, 0.3) is 10.0 Å². The topological polar surface area (TPSA) is 127 Å². The predicted octanol–water partition coefficient (Wildman–Crippen LogP) is 4.01. The van der Waals surface area contributed by atoms with Crippen molar-refractivity contribution in [1.82, 2.24) is 10.3 Å². The number of anilines is 3. The van der Waals surface area contributed by atoms with Crippen LogP contribution in [0.5, 0.6) is 11.5 Å². The van der Waals surface area contributed by atoms with E-state index in [0.29, 0.717) is 23.7 Å². The number of halogens is 1. The molecular weight excluding hydrogens is 538 g/mol. The lowest BCUT2D eigenvalue weighted by Crippen LogP contribution is -2.27. The summed E-state index contributed by atoms with van der Waals surface area (Å²) >= 11 is 7.76. The van der Waals surface area contributed by atoms with E-state index in [2.05, 4.69) is 16.0 Å². The minimum absolute atomic E-state index is 0.0231. The number of hydrogen-bond donors (Lipinski definition) is 2. The fourth-order valence-corrected chi connectivity index (χ4v) is 5.86. The van der Waals surface area contributed by atoms with E-state index in [1.54, 1.807) is 18.2 Å². The maximum atomic E-state index is 14.0. The Morgan fingerprint density at radius 2 is 1.78 bits per heavy atom. The number of thiazole rings is 1. The molecule has 1 heterocycles. The van der Waals surface area contributed by atoms with Crippen molar-refractivity contribution in [2.45, 2.75) is 25.3 Å². The molecule has 10 nitrogen and oxygen atoms in total. The summed E-state index contributed by atoms with van der Waals surface area (Å²) in [4.78, 5) is 15.7. The van der Waals surface area contributed by atoms with E-state index in [1.165, 1.54) is 48.9 Å². The van der Waals surface area contributed by atoms with Gasteiger partial charge in [0, 0.05) is 44.7 Å². The monoisotopic (exact) mass is 569 g/mol. The number of methoxy groups -OCH3 is 2. The molecule has 0 aliphatic heterocycles. The van der Waals surface area contributed by atoms with Crippen LogP contribution in [0, 0.1) is 0 Å². The summed E-state index contributed by atoms with van der Waals surface area (Å²) in [6, 6.07) is 9.69. The molecule has 0 spiro atoms. The van der Waals surface area contributed by atoms with Gasteiger partial charge in [-0.15, -0.1) is 11.3 Å². The van der Waals surface area contributed by atoms with E-state index < -0.39 is 10.0 Å². The smallest absolute Gasteiger partial charge is 0.270 e. The average molecular weight is 570 g/mol. The summed E-state index contributed by atoms with van der Waals surface area (Å²) in [7, 11) is 2.58. The maximum absolute atomic E-state index is 14.0. The normalized spacial score (nSPS) is 10.8. The molecular formula is C24H32ClN5O5S2. The van der Waals surface area contributed by atoms with Crippen LogP contribution in [0.4, 0.5) is 16.5 Å². The summed E-state index contributed by atoms with van der Waals surface area (Å²) in [5.74, 6) is 0.399. The molecule has 37 heavy (non-hydrogen) atoms. The number of hydrogen-bond acceptors (Lipinski definition) is 9. The Bertz CT molecular complexity index is 1310. The Kier molecular flexibility index (Phi) is 11.0. The molecule has 2 aromatic carbocycles. The Morgan fingerprint density at radius 3 is 2.35 bits per heavy atom. The van der Waals surface area contributed by atoms with Gasteiger partial charge in [-0.1, -0.05) is 18.5 Å². The molecule has 0 aliphatic carbocycles. The molecule has 1 amide bonds. The van der Waals surface area contributed by atoms with Gasteiger partial charge in [-0.3, -0.25) is 4.79 Å². The zero-order valence-electron chi connectivity index (χ0n) is 21.6. The lowest BCUT2D eigenvalue weighted by molar-refractivity contribution is -0.115. The SMILES string of the molecule is CC(N)=O.CCNCc1csc(N(c2cc(N(C)C)ccc2Cl)S(=O)(=O)c2ccc(OC)c(OC)c2)n1. The summed E-state index contributed by atoms with van der Waals surface area (Å²) in [6.45, 7) is 4.60. The predicted molar refractivity (Wildman–Crippen MR) is 149 cm³/mol. The minimum Gasteiger partial charge on any atom is -0.493 e. The van der Waals surface area contributed by atoms with Crippen molar-refractivity contribution in [2.24, 2.45) is 5.73 Å². The zero-order valence-corrected chi connectivity index (χ0v) is 24.0. The van der Waals surface area contributed by atoms with Crippen molar-refractivity contribution in [3.05, 3.63) is 52.5 Å². The van der Waals surface area contributed by atoms with Gasteiger partial charge in [0.15, 0.2) is 11.5 Å². The molecule has 1 aromatic heterocycles. The summed E-state index contributed by atoms with van der Waals surface area (Å²) in [6.07, 6.45) is 0. The number of benzene rings is 2. The Hall–Kier alpha value is -3.06. The summed E-state index contributed by atoms with van der Waals surface area (Å²) in [5.41, 5.74) is 6.32. The number of carbonyl (C=O) groups excluding carboxylic acids is 1. The van der Waals surface area contributed by atoms with Crippen LogP contribution in [-0.4, -0.2) is 54.2 Å². The fraction of sp³-hybridized carbons (Fsp3) is 0.333. The molecule has 0 radical (unpaired) electrons. The van der Waals surface area contributed by atoms with Crippen LogP contribution >= 0.6 is 22.9 Å². The zero-order chi connectivity index (χ0) is 27.8. The first-order valence-corrected chi connectivity index (χ1v) is 13.8. The molecule has 202 valence electrons. The molecule has 0 fully saturated rings. The number of nitrogens with two attached hydrogens (primary N) is 1. The number of nitrogens with zero attached hydrogens (tertiary/aromatic N) is 3. The van der Waals surface area contributed by atoms with Gasteiger partial charge in [0.2, 0.25) is 11.0 Å². The first kappa shape index (κ1) is 30.2. The van der Waals surface area contributed by atoms with Crippen molar-refractivity contribution in [3.63, 3.8) is 0 Å². The van der Waals surface area contributed by atoms with Crippen LogP contribution in [-0.2, 0) is 21.4 Å². The molecule has 0 saturated heterocycles. The molecule has 13 heteroatoms. The standard InChI is InChI=1S/C22H27ClN4O4S2.C2H5NO/c1-6-24-13-15-14-32-22(25-15)27(19-11-16(26(2)3)7-9-18(19)23)33(28,29)17-8-10-20(30-4)21(12-17)31-5;1-2(3)4/h7-12,14,24H,6,13H2,1-5H3;1H3,(H2,3,4). The van der Waals surface area contributed by atoms with Gasteiger partial charge < -0.3 is 25.4 Å². The summed E-state index contributed by atoms with van der Waals surface area (Å²) in [5, 5.41) is 5.61. The van der Waals surface area contributed by atoms with Crippen LogP contribution in [0.2, 0.25) is 5.02 Å². The Balaban J connectivity index is 0.00000112. The highest BCUT2D eigenvalue weighted by Gasteiger charge is 2.32. The van der Waals surface area contributed by atoms with E-state index >= 15 is 0 Å². The van der Waals surface area contributed by atoms with Crippen molar-refractivity contribution in [1.29, 1.82) is 0 Å². The highest BCUT2D eigenvalue weighted by Crippen LogP contribution is 2.41. The second kappa shape index (κ2) is 13.5. The van der Waals surface area contributed by atoms with Crippen LogP contribution in [0.25, 0.3) is 0 Å². The van der Waals surface area contributed by atoms with Gasteiger partial charge in [0.05, 0.1) is 35.5 Å². The van der Waals surface area contributed by atoms with E-state index in [4.69, 9.17) is 21.1 Å². The molecule has 0 aliphatic rings. The third-order valence-electron chi connectivity index (χ3n) is 4.83. The van der Waals surface area contributed by atoms with Gasteiger partial charge in [-0.2, -0.15) is 0 Å². The van der Waals surface area contributed by atoms with Crippen molar-refractivity contribution in [2.75, 3.05) is 44.1 Å². The number of aromatic nitrogens is 1. The largest absolute Gasteiger partial charge is 0.493 e. The molecule has 3 aromatic rings. The van der Waals surface area contributed by atoms with Crippen LogP contribution < -0.4 is 29.7 Å². The van der Waals surface area contributed by atoms with Gasteiger partial charge in [-0.25, -0.2) is 17.7 Å². The lowest BCUT2D eigenvalue weighted by atomic mass is 10.2. The highest BCUT2D eigenvalue weighted by molar-refractivity contribution is 7.93. The van der Waals surface area contributed by atoms with Crippen molar-refractivity contribution >= 4 is 55.4 Å². The molecule has 0 saturated carbocycles. The lowest BCUT2D eigenvalue weighted by Gasteiger charge is -2.25. The molecule has 0 bridgehead atoms. The third-order valence-corrected chi connectivity index (χ3v) is 7.84. The van der Waals surface area contributed by atoms with E-state index in [1.807, 2.05) is 37.4 Å². The van der Waals surface area contributed by atoms with Crippen LogP contribution in [0.3, 0.4) is 0 Å². The number of primary amides is 1. The first-order valence-electron chi connectivity index (χ1n) is 11.1. The summed E-state index contributed by atoms with van der Waals surface area (Å²) < 4.78 is 39.7. The van der Waals surface area contributed by atoms with Gasteiger partial charge in [0.1, 0.15) is 0 Å². The van der Waals surface area contributed by atoms with Crippen LogP contribution in [0.1, 0.15) is 19.5 Å². The molecule has 0 atom stereocenters. The number of sulfonamides is 1. The van der Waals surface area contributed by atoms with Crippen molar-refractivity contribution in [3.8, 4) is 11.5 Å². The minimum atomic E-state index is -4.11. The molecule has 3 N–H and O–H groups in total. The number of amides is 1. The van der Waals surface area contributed by atoms with Gasteiger partial charge in [-0.05, 0) is 36.9 Å². The second-order valence-electron chi connectivity index (χ2n) is 7.83. The van der Waals surface area contributed by atoms with Gasteiger partial charge >= 0.3 is 0 Å². The molecule has 3 rings (SSSR count). The fourth-order valence-electron chi connectivity index (χ4n) is 3.08. The molecule has 0 unspecified atom stereocenters. The van der Waals surface area contributed by atoms with E-state index in [0.717, 1.165) is 17.9 Å². The quantitative estimate of drug-likeness (QED) is 0.375. The first-order chi connectivity index (χ1) is 17.5. The average Bonchev–Trinajstić information content (AvgIpc) is 3.31. The Labute approximate surface area is 227 Å². The number of ether oxygens (including phenoxy) is 2. The number of nitrogens with one attached hydrogen (secondary N) is 1. The van der Waals surface area contributed by atoms with Crippen LogP contribution in [0.15, 0.2) is 46.7 Å². The highest BCUT2D eigenvalue weighted by atomic mass is 35.5. The third kappa shape index (κ3) is 7.71. The number of rotatable bonds is 10. The second-order valence-corrected chi connectivity index (χ2v) is 10.9.